The predicted molar refractivity (Wildman–Crippen MR) is 98.1 cm³/mol. The van der Waals surface area contributed by atoms with Crippen LogP contribution in [0.3, 0.4) is 0 Å². The number of hydrogen-bond acceptors (Lipinski definition) is 5. The van der Waals surface area contributed by atoms with E-state index >= 15 is 0 Å². The van der Waals surface area contributed by atoms with Crippen LogP contribution in [0.4, 0.5) is 0 Å². The number of aromatic nitrogens is 2. The molecule has 0 radical (unpaired) electrons. The lowest BCUT2D eigenvalue weighted by molar-refractivity contribution is -0.140. The van der Waals surface area contributed by atoms with Gasteiger partial charge in [0.15, 0.2) is 0 Å². The maximum absolute atomic E-state index is 13.1. The standard InChI is InChI=1S/C18H16N2O5S/c1-8-5-4-6-11(7-8)14-19-15-12(9(2)13(26-15)18(24)25)16(21)20(14)10(3)17(22)23/h4-7,10H,1-3H3,(H,22,23)(H,24,25). The van der Waals surface area contributed by atoms with Crippen LogP contribution >= 0.6 is 11.3 Å². The van der Waals surface area contributed by atoms with Crippen LogP contribution in [0.15, 0.2) is 29.1 Å². The molecule has 1 atom stereocenters. The minimum atomic E-state index is -1.17. The average molecular weight is 372 g/mol. The van der Waals surface area contributed by atoms with Crippen molar-refractivity contribution in [2.24, 2.45) is 0 Å². The van der Waals surface area contributed by atoms with Gasteiger partial charge in [0, 0.05) is 5.56 Å². The Morgan fingerprint density at radius 3 is 2.50 bits per heavy atom. The Bertz CT molecular complexity index is 1110. The zero-order valence-corrected chi connectivity index (χ0v) is 15.1. The molecule has 0 fully saturated rings. The van der Waals surface area contributed by atoms with E-state index in [0.29, 0.717) is 11.1 Å². The number of carboxylic acid groups (broad SMARTS) is 2. The molecule has 0 aliphatic carbocycles. The Morgan fingerprint density at radius 2 is 1.92 bits per heavy atom. The molecule has 7 nitrogen and oxygen atoms in total. The van der Waals surface area contributed by atoms with Gasteiger partial charge in [-0.05, 0) is 32.4 Å². The topological polar surface area (TPSA) is 109 Å². The van der Waals surface area contributed by atoms with E-state index in [2.05, 4.69) is 4.98 Å². The zero-order valence-electron chi connectivity index (χ0n) is 14.3. The molecule has 1 aromatic carbocycles. The van der Waals surface area contributed by atoms with E-state index in [-0.39, 0.29) is 20.9 Å². The summed E-state index contributed by atoms with van der Waals surface area (Å²) in [5.41, 5.74) is 1.28. The minimum absolute atomic E-state index is 0.0283. The van der Waals surface area contributed by atoms with Crippen LogP contribution in [0, 0.1) is 13.8 Å². The monoisotopic (exact) mass is 372 g/mol. The molecule has 1 unspecified atom stereocenters. The molecule has 2 N–H and O–H groups in total. The van der Waals surface area contributed by atoms with Gasteiger partial charge in [-0.2, -0.15) is 0 Å². The van der Waals surface area contributed by atoms with Crippen LogP contribution in [0.5, 0.6) is 0 Å². The molecule has 26 heavy (non-hydrogen) atoms. The molecule has 0 saturated heterocycles. The normalized spacial score (nSPS) is 12.3. The van der Waals surface area contributed by atoms with Crippen molar-refractivity contribution in [3.8, 4) is 11.4 Å². The highest BCUT2D eigenvalue weighted by Gasteiger charge is 2.26. The predicted octanol–water partition coefficient (Wildman–Crippen LogP) is 3.09. The van der Waals surface area contributed by atoms with Crippen molar-refractivity contribution in [3.05, 3.63) is 50.6 Å². The van der Waals surface area contributed by atoms with Crippen molar-refractivity contribution >= 4 is 33.5 Å². The number of aryl methyl sites for hydroxylation is 2. The van der Waals surface area contributed by atoms with Gasteiger partial charge in [-0.3, -0.25) is 9.36 Å². The van der Waals surface area contributed by atoms with E-state index < -0.39 is 23.5 Å². The second-order valence-corrected chi connectivity index (χ2v) is 7.03. The Hall–Kier alpha value is -3.00. The molecule has 3 aromatic rings. The summed E-state index contributed by atoms with van der Waals surface area (Å²) in [4.78, 5) is 40.8. The van der Waals surface area contributed by atoms with Crippen LogP contribution in [-0.2, 0) is 4.79 Å². The Labute approximate surface area is 152 Å². The summed E-state index contributed by atoms with van der Waals surface area (Å²) in [5, 5.41) is 18.9. The number of aliphatic carboxylic acids is 1. The molecule has 0 saturated carbocycles. The highest BCUT2D eigenvalue weighted by Crippen LogP contribution is 2.30. The van der Waals surface area contributed by atoms with Crippen molar-refractivity contribution in [2.75, 3.05) is 0 Å². The van der Waals surface area contributed by atoms with Crippen LogP contribution in [-0.4, -0.2) is 31.7 Å². The first-order valence-corrected chi connectivity index (χ1v) is 8.62. The average Bonchev–Trinajstić information content (AvgIpc) is 2.91. The zero-order chi connectivity index (χ0) is 19.2. The van der Waals surface area contributed by atoms with E-state index in [0.717, 1.165) is 21.5 Å². The number of hydrogen-bond donors (Lipinski definition) is 2. The minimum Gasteiger partial charge on any atom is -0.480 e. The number of benzene rings is 1. The highest BCUT2D eigenvalue weighted by atomic mass is 32.1. The molecule has 2 aromatic heterocycles. The van der Waals surface area contributed by atoms with Gasteiger partial charge in [-0.1, -0.05) is 23.8 Å². The number of carbonyl (C=O) groups is 2. The molecule has 0 spiro atoms. The van der Waals surface area contributed by atoms with Gasteiger partial charge < -0.3 is 10.2 Å². The van der Waals surface area contributed by atoms with E-state index in [1.807, 2.05) is 13.0 Å². The van der Waals surface area contributed by atoms with Gasteiger partial charge in [-0.25, -0.2) is 14.6 Å². The molecule has 8 heteroatoms. The fourth-order valence-electron chi connectivity index (χ4n) is 2.86. The lowest BCUT2D eigenvalue weighted by Gasteiger charge is -2.16. The van der Waals surface area contributed by atoms with Gasteiger partial charge in [0.05, 0.1) is 5.39 Å². The maximum atomic E-state index is 13.1. The molecule has 0 aliphatic heterocycles. The molecule has 0 aliphatic rings. The third kappa shape index (κ3) is 2.78. The maximum Gasteiger partial charge on any atom is 0.346 e. The number of thiophene rings is 1. The molecule has 3 rings (SSSR count). The van der Waals surface area contributed by atoms with E-state index in [1.54, 1.807) is 18.2 Å². The summed E-state index contributed by atoms with van der Waals surface area (Å²) in [5.74, 6) is -2.10. The first-order chi connectivity index (χ1) is 12.2. The summed E-state index contributed by atoms with van der Waals surface area (Å²) >= 11 is 0.917. The number of aromatic carboxylic acids is 1. The van der Waals surface area contributed by atoms with E-state index in [9.17, 15) is 24.6 Å². The lowest BCUT2D eigenvalue weighted by Crippen LogP contribution is -2.30. The summed E-state index contributed by atoms with van der Waals surface area (Å²) in [6, 6.07) is 6.06. The first kappa shape index (κ1) is 17.8. The fourth-order valence-corrected chi connectivity index (χ4v) is 3.87. The van der Waals surface area contributed by atoms with Crippen LogP contribution in [0.25, 0.3) is 21.6 Å². The van der Waals surface area contributed by atoms with Gasteiger partial charge in [0.1, 0.15) is 21.6 Å². The molecular formula is C18H16N2O5S. The second-order valence-electron chi connectivity index (χ2n) is 6.04. The molecule has 0 bridgehead atoms. The number of fused-ring (bicyclic) bond motifs is 1. The SMILES string of the molecule is Cc1cccc(-c2nc3sc(C(=O)O)c(C)c3c(=O)n2C(C)C(=O)O)c1. The van der Waals surface area contributed by atoms with Gasteiger partial charge in [0.25, 0.3) is 5.56 Å². The molecular weight excluding hydrogens is 356 g/mol. The number of carboxylic acids is 2. The fraction of sp³-hybridized carbons (Fsp3) is 0.222. The van der Waals surface area contributed by atoms with Crippen molar-refractivity contribution < 1.29 is 19.8 Å². The number of rotatable bonds is 4. The quantitative estimate of drug-likeness (QED) is 0.728. The van der Waals surface area contributed by atoms with Crippen LogP contribution < -0.4 is 5.56 Å². The highest BCUT2D eigenvalue weighted by molar-refractivity contribution is 7.20. The van der Waals surface area contributed by atoms with Crippen molar-refractivity contribution in [2.45, 2.75) is 26.8 Å². The summed E-state index contributed by atoms with van der Waals surface area (Å²) in [6.45, 7) is 4.81. The van der Waals surface area contributed by atoms with Crippen molar-refractivity contribution in [1.29, 1.82) is 0 Å². The summed E-state index contributed by atoms with van der Waals surface area (Å²) < 4.78 is 1.12. The summed E-state index contributed by atoms with van der Waals surface area (Å²) in [6.07, 6.45) is 0. The van der Waals surface area contributed by atoms with Crippen LogP contribution in [0.1, 0.15) is 33.8 Å². The van der Waals surface area contributed by atoms with E-state index in [4.69, 9.17) is 0 Å². The Kier molecular flexibility index (Phi) is 4.37. The smallest absolute Gasteiger partial charge is 0.346 e. The second kappa shape index (κ2) is 6.38. The Balaban J connectivity index is 2.46. The number of nitrogens with zero attached hydrogens (tertiary/aromatic N) is 2. The van der Waals surface area contributed by atoms with Gasteiger partial charge >= 0.3 is 11.9 Å². The molecule has 134 valence electrons. The first-order valence-electron chi connectivity index (χ1n) is 7.81. The third-order valence-corrected chi connectivity index (χ3v) is 5.39. The van der Waals surface area contributed by atoms with Crippen molar-refractivity contribution in [1.82, 2.24) is 9.55 Å². The van der Waals surface area contributed by atoms with Gasteiger partial charge in [0.2, 0.25) is 0 Å². The summed E-state index contributed by atoms with van der Waals surface area (Å²) in [7, 11) is 0. The van der Waals surface area contributed by atoms with Crippen molar-refractivity contribution in [3.63, 3.8) is 0 Å². The third-order valence-electron chi connectivity index (χ3n) is 4.21. The lowest BCUT2D eigenvalue weighted by atomic mass is 10.1. The molecule has 2 heterocycles. The van der Waals surface area contributed by atoms with Gasteiger partial charge in [-0.15, -0.1) is 11.3 Å². The van der Waals surface area contributed by atoms with Crippen LogP contribution in [0.2, 0.25) is 0 Å². The largest absolute Gasteiger partial charge is 0.480 e. The molecule has 0 amide bonds. The van der Waals surface area contributed by atoms with E-state index in [1.165, 1.54) is 13.8 Å². The Morgan fingerprint density at radius 1 is 1.23 bits per heavy atom.